The van der Waals surface area contributed by atoms with E-state index in [2.05, 4.69) is 6.92 Å². The molecule has 2 aromatic rings. The zero-order valence-electron chi connectivity index (χ0n) is 19.6. The van der Waals surface area contributed by atoms with Gasteiger partial charge in [0.25, 0.3) is 0 Å². The molecule has 0 N–H and O–H groups in total. The third-order valence-electron chi connectivity index (χ3n) is 5.84. The Morgan fingerprint density at radius 3 is 2.00 bits per heavy atom. The van der Waals surface area contributed by atoms with Crippen LogP contribution in [0.2, 0.25) is 5.02 Å². The van der Waals surface area contributed by atoms with E-state index in [0.29, 0.717) is 22.8 Å². The molecule has 0 radical (unpaired) electrons. The lowest BCUT2D eigenvalue weighted by Gasteiger charge is -2.17. The molecule has 0 aromatic heterocycles. The van der Waals surface area contributed by atoms with Crippen LogP contribution in [0.25, 0.3) is 0 Å². The summed E-state index contributed by atoms with van der Waals surface area (Å²) in [4.78, 5) is 26.3. The summed E-state index contributed by atoms with van der Waals surface area (Å²) in [6.07, 6.45) is 12.2. The Kier molecular flexibility index (Phi) is 12.1. The van der Waals surface area contributed by atoms with Gasteiger partial charge >= 0.3 is 5.97 Å². The van der Waals surface area contributed by atoms with Crippen LogP contribution < -0.4 is 0 Å². The molecule has 0 aliphatic carbocycles. The number of carbonyl (C=O) groups excluding carboxylic acids is 2. The van der Waals surface area contributed by atoms with E-state index in [0.717, 1.165) is 24.8 Å². The topological polar surface area (TPSA) is 43.4 Å². The van der Waals surface area contributed by atoms with E-state index < -0.39 is 11.9 Å². The fourth-order valence-electron chi connectivity index (χ4n) is 3.97. The highest BCUT2D eigenvalue weighted by Crippen LogP contribution is 2.29. The van der Waals surface area contributed by atoms with E-state index >= 15 is 0 Å². The summed E-state index contributed by atoms with van der Waals surface area (Å²) in [6, 6.07) is 14.4. The van der Waals surface area contributed by atoms with Gasteiger partial charge in [-0.1, -0.05) is 119 Å². The molecule has 0 saturated heterocycles. The zero-order chi connectivity index (χ0) is 23.2. The van der Waals surface area contributed by atoms with Gasteiger partial charge in [0.1, 0.15) is 5.92 Å². The van der Waals surface area contributed by atoms with Crippen molar-refractivity contribution >= 4 is 23.4 Å². The van der Waals surface area contributed by atoms with Gasteiger partial charge in [0.05, 0.1) is 11.6 Å². The van der Waals surface area contributed by atoms with Crippen LogP contribution in [0.5, 0.6) is 0 Å². The molecule has 2 aromatic carbocycles. The number of rotatable bonds is 15. The number of ketones is 1. The fourth-order valence-corrected chi connectivity index (χ4v) is 4.29. The highest BCUT2D eigenvalue weighted by molar-refractivity contribution is 6.35. The normalized spacial score (nSPS) is 11.8. The van der Waals surface area contributed by atoms with Gasteiger partial charge in [-0.15, -0.1) is 0 Å². The number of aryl methyl sites for hydroxylation is 1. The minimum Gasteiger partial charge on any atom is -0.465 e. The van der Waals surface area contributed by atoms with Crippen molar-refractivity contribution in [2.75, 3.05) is 6.61 Å². The number of carbonyl (C=O) groups is 2. The fraction of sp³-hybridized carbons (Fsp3) is 0.500. The third-order valence-corrected chi connectivity index (χ3v) is 6.16. The SMILES string of the molecule is CCCCCCCCCCCCOC(=O)C(C(=O)c1c(C)cccc1Cl)c1ccccc1. The molecule has 174 valence electrons. The molecule has 0 aliphatic rings. The van der Waals surface area contributed by atoms with Crippen LogP contribution in [0.15, 0.2) is 48.5 Å². The Bertz CT molecular complexity index is 812. The van der Waals surface area contributed by atoms with Crippen molar-refractivity contribution in [2.45, 2.75) is 84.0 Å². The average molecular weight is 457 g/mol. The summed E-state index contributed by atoms with van der Waals surface area (Å²) in [5.41, 5.74) is 1.77. The van der Waals surface area contributed by atoms with E-state index in [1.54, 1.807) is 24.3 Å². The first-order valence-corrected chi connectivity index (χ1v) is 12.4. The maximum absolute atomic E-state index is 13.3. The van der Waals surface area contributed by atoms with Crippen LogP contribution in [0.3, 0.4) is 0 Å². The Labute approximate surface area is 198 Å². The first-order valence-electron chi connectivity index (χ1n) is 12.1. The monoisotopic (exact) mass is 456 g/mol. The van der Waals surface area contributed by atoms with Crippen molar-refractivity contribution < 1.29 is 14.3 Å². The standard InChI is InChI=1S/C28H37ClO3/c1-3-4-5-6-7-8-9-10-11-15-21-32-28(31)26(23-18-13-12-14-19-23)27(30)25-22(2)17-16-20-24(25)29/h12-14,16-20,26H,3-11,15,21H2,1-2H3. The number of esters is 1. The number of halogens is 1. The van der Waals surface area contributed by atoms with Crippen molar-refractivity contribution in [2.24, 2.45) is 0 Å². The highest BCUT2D eigenvalue weighted by atomic mass is 35.5. The lowest BCUT2D eigenvalue weighted by atomic mass is 9.89. The molecule has 0 aliphatic heterocycles. The second-order valence-corrected chi connectivity index (χ2v) is 8.90. The van der Waals surface area contributed by atoms with E-state index in [-0.39, 0.29) is 5.78 Å². The highest BCUT2D eigenvalue weighted by Gasteiger charge is 2.32. The summed E-state index contributed by atoms with van der Waals surface area (Å²) in [7, 11) is 0. The summed E-state index contributed by atoms with van der Waals surface area (Å²) < 4.78 is 5.55. The first-order chi connectivity index (χ1) is 15.6. The van der Waals surface area contributed by atoms with Gasteiger partial charge in [-0.3, -0.25) is 9.59 Å². The van der Waals surface area contributed by atoms with Gasteiger partial charge in [0.2, 0.25) is 0 Å². The van der Waals surface area contributed by atoms with Gasteiger partial charge in [-0.25, -0.2) is 0 Å². The maximum atomic E-state index is 13.3. The lowest BCUT2D eigenvalue weighted by Crippen LogP contribution is -2.25. The largest absolute Gasteiger partial charge is 0.465 e. The molecule has 2 rings (SSSR count). The molecule has 0 heterocycles. The number of Topliss-reactive ketones (excluding diaryl/α,β-unsaturated/α-hetero) is 1. The molecule has 0 amide bonds. The van der Waals surface area contributed by atoms with Crippen LogP contribution in [-0.2, 0) is 9.53 Å². The van der Waals surface area contributed by atoms with Crippen molar-refractivity contribution in [1.82, 2.24) is 0 Å². The molecular weight excluding hydrogens is 420 g/mol. The molecule has 32 heavy (non-hydrogen) atoms. The first kappa shape index (κ1) is 26.1. The zero-order valence-corrected chi connectivity index (χ0v) is 20.3. The summed E-state index contributed by atoms with van der Waals surface area (Å²) in [6.45, 7) is 4.41. The number of benzene rings is 2. The number of unbranched alkanes of at least 4 members (excludes halogenated alkanes) is 9. The molecule has 0 bridgehead atoms. The molecule has 3 nitrogen and oxygen atoms in total. The molecule has 0 saturated carbocycles. The predicted molar refractivity (Wildman–Crippen MR) is 133 cm³/mol. The number of ether oxygens (including phenoxy) is 1. The molecular formula is C28H37ClO3. The van der Waals surface area contributed by atoms with E-state index in [9.17, 15) is 9.59 Å². The second-order valence-electron chi connectivity index (χ2n) is 8.49. The summed E-state index contributed by atoms with van der Waals surface area (Å²) >= 11 is 6.31. The number of hydrogen-bond acceptors (Lipinski definition) is 3. The van der Waals surface area contributed by atoms with Gasteiger partial charge in [-0.05, 0) is 30.5 Å². The predicted octanol–water partition coefficient (Wildman–Crippen LogP) is 8.08. The Hall–Kier alpha value is -2.13. The maximum Gasteiger partial charge on any atom is 0.321 e. The van der Waals surface area contributed by atoms with Gasteiger partial charge < -0.3 is 4.74 Å². The minimum absolute atomic E-state index is 0.313. The molecule has 1 atom stereocenters. The van der Waals surface area contributed by atoms with Gasteiger partial charge in [0.15, 0.2) is 5.78 Å². The van der Waals surface area contributed by atoms with Crippen LogP contribution >= 0.6 is 11.6 Å². The van der Waals surface area contributed by atoms with Crippen LogP contribution in [-0.4, -0.2) is 18.4 Å². The number of hydrogen-bond donors (Lipinski definition) is 0. The van der Waals surface area contributed by atoms with Crippen LogP contribution in [0, 0.1) is 6.92 Å². The summed E-state index contributed by atoms with van der Waals surface area (Å²) in [5, 5.41) is 0.360. The Balaban J connectivity index is 1.86. The van der Waals surface area contributed by atoms with E-state index in [4.69, 9.17) is 16.3 Å². The van der Waals surface area contributed by atoms with Crippen LogP contribution in [0.1, 0.15) is 98.5 Å². The van der Waals surface area contributed by atoms with Crippen molar-refractivity contribution in [3.05, 3.63) is 70.2 Å². The van der Waals surface area contributed by atoms with Crippen molar-refractivity contribution in [3.8, 4) is 0 Å². The minimum atomic E-state index is -1.00. The summed E-state index contributed by atoms with van der Waals surface area (Å²) in [5.74, 6) is -1.82. The van der Waals surface area contributed by atoms with Crippen LogP contribution in [0.4, 0.5) is 0 Å². The third kappa shape index (κ3) is 8.43. The molecule has 0 spiro atoms. The smallest absolute Gasteiger partial charge is 0.321 e. The van der Waals surface area contributed by atoms with Crippen molar-refractivity contribution in [3.63, 3.8) is 0 Å². The molecule has 4 heteroatoms. The van der Waals surface area contributed by atoms with Crippen molar-refractivity contribution in [1.29, 1.82) is 0 Å². The van der Waals surface area contributed by atoms with Gasteiger partial charge in [0, 0.05) is 5.56 Å². The van der Waals surface area contributed by atoms with E-state index in [1.807, 2.05) is 31.2 Å². The van der Waals surface area contributed by atoms with E-state index in [1.165, 1.54) is 44.9 Å². The molecule has 1 unspecified atom stereocenters. The Morgan fingerprint density at radius 2 is 1.41 bits per heavy atom. The average Bonchev–Trinajstić information content (AvgIpc) is 2.78. The lowest BCUT2D eigenvalue weighted by molar-refractivity contribution is -0.144. The Morgan fingerprint density at radius 1 is 0.812 bits per heavy atom. The second kappa shape index (κ2) is 14.8. The molecule has 0 fully saturated rings. The van der Waals surface area contributed by atoms with Gasteiger partial charge in [-0.2, -0.15) is 0 Å². The quantitative estimate of drug-likeness (QED) is 0.118.